The Balaban J connectivity index is 1.59. The summed E-state index contributed by atoms with van der Waals surface area (Å²) in [6.45, 7) is 5.50. The molecule has 0 radical (unpaired) electrons. The fourth-order valence-electron chi connectivity index (χ4n) is 3.33. The molecular formula is C18H20N6O2. The average Bonchev–Trinajstić information content (AvgIpc) is 3.21. The normalized spacial score (nSPS) is 22.0. The number of nitrogens with zero attached hydrogens (tertiary/aromatic N) is 5. The van der Waals surface area contributed by atoms with E-state index in [0.29, 0.717) is 18.7 Å². The zero-order valence-electron chi connectivity index (χ0n) is 14.7. The van der Waals surface area contributed by atoms with Crippen molar-refractivity contribution >= 4 is 11.4 Å². The molecular weight excluding hydrogens is 332 g/mol. The summed E-state index contributed by atoms with van der Waals surface area (Å²) >= 11 is 0. The van der Waals surface area contributed by atoms with E-state index in [2.05, 4.69) is 27.1 Å². The number of aryl methyl sites for hydroxylation is 1. The molecule has 134 valence electrons. The molecule has 0 saturated heterocycles. The number of aromatic nitrogens is 5. The number of hydrogen-bond donors (Lipinski definition) is 1. The van der Waals surface area contributed by atoms with E-state index in [4.69, 9.17) is 4.74 Å². The second-order valence-corrected chi connectivity index (χ2v) is 6.86. The standard InChI is InChI=1S/C18H20N6O2/c1-4-16(25)21-13-7-18(2,8-13)26-17-15-5-6-19-24(15)11-14(22-17)12-9-20-23(3)10-12/h4-6,9-11,13H,1,7-8H2,2-3H3,(H,21,25)/t13-,18+. The minimum atomic E-state index is -0.384. The van der Waals surface area contributed by atoms with Gasteiger partial charge in [-0.2, -0.15) is 10.2 Å². The SMILES string of the molecule is C=CC(=O)N[C@H]1C[C@@](C)(Oc2nc(-c3cnn(C)c3)cn3nccc23)C1. The van der Waals surface area contributed by atoms with Crippen molar-refractivity contribution in [3.05, 3.63) is 43.5 Å². The topological polar surface area (TPSA) is 86.3 Å². The van der Waals surface area contributed by atoms with E-state index in [1.807, 2.05) is 32.4 Å². The Kier molecular flexibility index (Phi) is 3.75. The lowest BCUT2D eigenvalue weighted by Crippen LogP contribution is -2.56. The first-order chi connectivity index (χ1) is 12.5. The molecule has 1 N–H and O–H groups in total. The van der Waals surface area contributed by atoms with Crippen molar-refractivity contribution in [2.75, 3.05) is 0 Å². The predicted molar refractivity (Wildman–Crippen MR) is 95.6 cm³/mol. The van der Waals surface area contributed by atoms with Crippen molar-refractivity contribution in [2.45, 2.75) is 31.4 Å². The highest BCUT2D eigenvalue weighted by atomic mass is 16.5. The third-order valence-corrected chi connectivity index (χ3v) is 4.59. The van der Waals surface area contributed by atoms with Crippen LogP contribution in [0.2, 0.25) is 0 Å². The summed E-state index contributed by atoms with van der Waals surface area (Å²) in [4.78, 5) is 16.1. The maximum Gasteiger partial charge on any atom is 0.243 e. The molecule has 1 fully saturated rings. The van der Waals surface area contributed by atoms with E-state index >= 15 is 0 Å². The summed E-state index contributed by atoms with van der Waals surface area (Å²) in [7, 11) is 1.86. The van der Waals surface area contributed by atoms with Crippen LogP contribution in [0.1, 0.15) is 19.8 Å². The molecule has 3 aromatic heterocycles. The first-order valence-corrected chi connectivity index (χ1v) is 8.41. The Hall–Kier alpha value is -3.16. The van der Waals surface area contributed by atoms with Gasteiger partial charge in [0.05, 0.1) is 24.3 Å². The van der Waals surface area contributed by atoms with Crippen LogP contribution in [0.3, 0.4) is 0 Å². The highest BCUT2D eigenvalue weighted by molar-refractivity contribution is 5.87. The number of nitrogens with one attached hydrogen (secondary N) is 1. The van der Waals surface area contributed by atoms with Gasteiger partial charge in [-0.15, -0.1) is 0 Å². The van der Waals surface area contributed by atoms with Crippen LogP contribution in [0, 0.1) is 0 Å². The number of hydrogen-bond acceptors (Lipinski definition) is 5. The van der Waals surface area contributed by atoms with Crippen molar-refractivity contribution in [1.82, 2.24) is 29.7 Å². The van der Waals surface area contributed by atoms with Gasteiger partial charge in [0.1, 0.15) is 11.1 Å². The van der Waals surface area contributed by atoms with Gasteiger partial charge in [-0.25, -0.2) is 9.50 Å². The quantitative estimate of drug-likeness (QED) is 0.707. The fourth-order valence-corrected chi connectivity index (χ4v) is 3.33. The molecule has 1 aliphatic carbocycles. The van der Waals surface area contributed by atoms with Gasteiger partial charge in [0.15, 0.2) is 0 Å². The largest absolute Gasteiger partial charge is 0.470 e. The Labute approximate surface area is 150 Å². The molecule has 0 bridgehead atoms. The summed E-state index contributed by atoms with van der Waals surface area (Å²) in [6, 6.07) is 1.96. The van der Waals surface area contributed by atoms with E-state index in [1.54, 1.807) is 21.6 Å². The van der Waals surface area contributed by atoms with E-state index in [1.165, 1.54) is 6.08 Å². The maximum atomic E-state index is 11.4. The van der Waals surface area contributed by atoms with E-state index in [0.717, 1.165) is 16.8 Å². The molecule has 0 aromatic carbocycles. The molecule has 1 amide bonds. The van der Waals surface area contributed by atoms with Gasteiger partial charge in [0.25, 0.3) is 0 Å². The van der Waals surface area contributed by atoms with Gasteiger partial charge in [-0.05, 0) is 19.1 Å². The lowest BCUT2D eigenvalue weighted by molar-refractivity contribution is -0.119. The second-order valence-electron chi connectivity index (χ2n) is 6.86. The maximum absolute atomic E-state index is 11.4. The lowest BCUT2D eigenvalue weighted by atomic mass is 9.77. The number of amides is 1. The van der Waals surface area contributed by atoms with Crippen LogP contribution in [-0.2, 0) is 11.8 Å². The molecule has 3 aromatic rings. The monoisotopic (exact) mass is 352 g/mol. The molecule has 26 heavy (non-hydrogen) atoms. The van der Waals surface area contributed by atoms with Crippen LogP contribution < -0.4 is 10.1 Å². The number of rotatable bonds is 5. The number of carbonyl (C=O) groups is 1. The third kappa shape index (κ3) is 2.94. The lowest BCUT2D eigenvalue weighted by Gasteiger charge is -2.44. The van der Waals surface area contributed by atoms with E-state index in [9.17, 15) is 4.79 Å². The van der Waals surface area contributed by atoms with Crippen LogP contribution >= 0.6 is 0 Å². The Morgan fingerprint density at radius 1 is 1.42 bits per heavy atom. The minimum absolute atomic E-state index is 0.0907. The molecule has 8 heteroatoms. The minimum Gasteiger partial charge on any atom is -0.470 e. The third-order valence-electron chi connectivity index (χ3n) is 4.59. The molecule has 0 spiro atoms. The molecule has 3 heterocycles. The van der Waals surface area contributed by atoms with Crippen LogP contribution in [0.4, 0.5) is 0 Å². The first kappa shape index (κ1) is 16.3. The Morgan fingerprint density at radius 2 is 2.23 bits per heavy atom. The van der Waals surface area contributed by atoms with E-state index < -0.39 is 0 Å². The fraction of sp³-hybridized carbons (Fsp3) is 0.333. The zero-order valence-corrected chi connectivity index (χ0v) is 14.7. The van der Waals surface area contributed by atoms with Crippen molar-refractivity contribution in [3.8, 4) is 17.1 Å². The Bertz CT molecular complexity index is 983. The van der Waals surface area contributed by atoms with Crippen LogP contribution in [0.15, 0.2) is 43.5 Å². The van der Waals surface area contributed by atoms with Crippen molar-refractivity contribution in [3.63, 3.8) is 0 Å². The number of carbonyl (C=O) groups excluding carboxylic acids is 1. The second kappa shape index (κ2) is 5.98. The smallest absolute Gasteiger partial charge is 0.243 e. The van der Waals surface area contributed by atoms with Crippen molar-refractivity contribution in [2.24, 2.45) is 7.05 Å². The van der Waals surface area contributed by atoms with Gasteiger partial charge in [-0.1, -0.05) is 6.58 Å². The number of ether oxygens (including phenoxy) is 1. The predicted octanol–water partition coefficient (Wildman–Crippen LogP) is 1.73. The first-order valence-electron chi connectivity index (χ1n) is 8.41. The molecule has 4 rings (SSSR count). The van der Waals surface area contributed by atoms with Crippen LogP contribution in [0.5, 0.6) is 5.88 Å². The van der Waals surface area contributed by atoms with Crippen molar-refractivity contribution in [1.29, 1.82) is 0 Å². The van der Waals surface area contributed by atoms with Gasteiger partial charge in [-0.3, -0.25) is 9.48 Å². The van der Waals surface area contributed by atoms with E-state index in [-0.39, 0.29) is 17.6 Å². The molecule has 0 aliphatic heterocycles. The van der Waals surface area contributed by atoms with Gasteiger partial charge in [0, 0.05) is 37.7 Å². The Morgan fingerprint density at radius 3 is 2.92 bits per heavy atom. The van der Waals surface area contributed by atoms with Crippen LogP contribution in [0.25, 0.3) is 16.8 Å². The summed E-state index contributed by atoms with van der Waals surface area (Å²) in [5.74, 6) is 0.367. The van der Waals surface area contributed by atoms with Crippen molar-refractivity contribution < 1.29 is 9.53 Å². The molecule has 1 aliphatic rings. The summed E-state index contributed by atoms with van der Waals surface area (Å²) in [5.41, 5.74) is 2.05. The summed E-state index contributed by atoms with van der Waals surface area (Å²) in [5, 5.41) is 11.4. The zero-order chi connectivity index (χ0) is 18.3. The molecule has 0 unspecified atom stereocenters. The number of fused-ring (bicyclic) bond motifs is 1. The summed E-state index contributed by atoms with van der Waals surface area (Å²) < 4.78 is 9.73. The highest BCUT2D eigenvalue weighted by Gasteiger charge is 2.43. The van der Waals surface area contributed by atoms with Gasteiger partial charge < -0.3 is 10.1 Å². The molecule has 0 atom stereocenters. The highest BCUT2D eigenvalue weighted by Crippen LogP contribution is 2.37. The summed E-state index contributed by atoms with van der Waals surface area (Å²) in [6.07, 6.45) is 9.94. The molecule has 1 saturated carbocycles. The van der Waals surface area contributed by atoms with Gasteiger partial charge >= 0.3 is 0 Å². The average molecular weight is 352 g/mol. The van der Waals surface area contributed by atoms with Crippen LogP contribution in [-0.4, -0.2) is 41.9 Å². The molecule has 8 nitrogen and oxygen atoms in total. The van der Waals surface area contributed by atoms with Gasteiger partial charge in [0.2, 0.25) is 11.8 Å².